The van der Waals surface area contributed by atoms with E-state index in [0.29, 0.717) is 12.8 Å². The number of para-hydroxylation sites is 1. The molecule has 0 aliphatic heterocycles. The summed E-state index contributed by atoms with van der Waals surface area (Å²) in [6.07, 6.45) is 1.08. The highest BCUT2D eigenvalue weighted by Gasteiger charge is 2.20. The first-order chi connectivity index (χ1) is 11.1. The Labute approximate surface area is 137 Å². The van der Waals surface area contributed by atoms with Crippen LogP contribution in [0.15, 0.2) is 54.6 Å². The third-order valence-corrected chi connectivity index (χ3v) is 3.71. The van der Waals surface area contributed by atoms with Gasteiger partial charge in [-0.15, -0.1) is 0 Å². The molecule has 2 atom stereocenters. The first kappa shape index (κ1) is 17.0. The Bertz CT molecular complexity index is 626. The van der Waals surface area contributed by atoms with Crippen LogP contribution in [0.2, 0.25) is 0 Å². The molecule has 2 aromatic carbocycles. The number of carbonyl (C=O) groups is 1. The Balaban J connectivity index is 2.28. The van der Waals surface area contributed by atoms with E-state index < -0.39 is 0 Å². The zero-order valence-corrected chi connectivity index (χ0v) is 13.7. The van der Waals surface area contributed by atoms with Crippen LogP contribution in [0.1, 0.15) is 36.9 Å². The Morgan fingerprint density at radius 3 is 2.43 bits per heavy atom. The molecule has 23 heavy (non-hydrogen) atoms. The van der Waals surface area contributed by atoms with Crippen molar-refractivity contribution in [1.29, 1.82) is 0 Å². The summed E-state index contributed by atoms with van der Waals surface area (Å²) in [5.74, 6) is 0.746. The lowest BCUT2D eigenvalue weighted by atomic mass is 9.97. The number of carbonyl (C=O) groups excluding carboxylic acids is 1. The first-order valence-corrected chi connectivity index (χ1v) is 7.84. The van der Waals surface area contributed by atoms with E-state index in [1.807, 2.05) is 61.5 Å². The molecule has 0 saturated carbocycles. The van der Waals surface area contributed by atoms with E-state index in [1.54, 1.807) is 7.11 Å². The van der Waals surface area contributed by atoms with Gasteiger partial charge in [-0.2, -0.15) is 0 Å². The molecule has 4 nitrogen and oxygen atoms in total. The van der Waals surface area contributed by atoms with Crippen molar-refractivity contribution in [3.05, 3.63) is 65.7 Å². The van der Waals surface area contributed by atoms with Crippen LogP contribution < -0.4 is 15.8 Å². The molecule has 0 fully saturated rings. The molecule has 0 aliphatic rings. The summed E-state index contributed by atoms with van der Waals surface area (Å²) >= 11 is 0. The third-order valence-electron chi connectivity index (χ3n) is 3.71. The second kappa shape index (κ2) is 8.34. The van der Waals surface area contributed by atoms with Crippen molar-refractivity contribution in [3.8, 4) is 5.75 Å². The summed E-state index contributed by atoms with van der Waals surface area (Å²) in [5, 5.41) is 3.11. The second-order valence-corrected chi connectivity index (χ2v) is 5.67. The van der Waals surface area contributed by atoms with Gasteiger partial charge in [0.1, 0.15) is 5.75 Å². The molecule has 0 aromatic heterocycles. The quantitative estimate of drug-likeness (QED) is 0.826. The summed E-state index contributed by atoms with van der Waals surface area (Å²) in [7, 11) is 1.64. The van der Waals surface area contributed by atoms with Gasteiger partial charge in [-0.25, -0.2) is 0 Å². The van der Waals surface area contributed by atoms with Gasteiger partial charge in [0.25, 0.3) is 0 Å². The van der Waals surface area contributed by atoms with Crippen LogP contribution in [0.3, 0.4) is 0 Å². The summed E-state index contributed by atoms with van der Waals surface area (Å²) < 4.78 is 5.46. The van der Waals surface area contributed by atoms with Gasteiger partial charge in [-0.1, -0.05) is 48.5 Å². The molecule has 1 amide bonds. The van der Waals surface area contributed by atoms with E-state index in [1.165, 1.54) is 0 Å². The van der Waals surface area contributed by atoms with Crippen molar-refractivity contribution >= 4 is 5.91 Å². The molecule has 0 aliphatic carbocycles. The second-order valence-electron chi connectivity index (χ2n) is 5.67. The van der Waals surface area contributed by atoms with Crippen LogP contribution in [0.5, 0.6) is 5.75 Å². The number of benzene rings is 2. The molecule has 2 rings (SSSR count). The topological polar surface area (TPSA) is 64.3 Å². The van der Waals surface area contributed by atoms with Gasteiger partial charge in [0.05, 0.1) is 13.2 Å². The zero-order valence-electron chi connectivity index (χ0n) is 13.7. The average Bonchev–Trinajstić information content (AvgIpc) is 2.58. The molecule has 2 aromatic rings. The number of nitrogens with one attached hydrogen (secondary N) is 1. The SMILES string of the molecule is COc1ccccc1C(NC(=O)CCC(C)N)c1ccccc1. The van der Waals surface area contributed by atoms with Crippen molar-refractivity contribution in [3.63, 3.8) is 0 Å². The molecule has 2 unspecified atom stereocenters. The lowest BCUT2D eigenvalue weighted by Crippen LogP contribution is -2.30. The van der Waals surface area contributed by atoms with E-state index in [4.69, 9.17) is 10.5 Å². The van der Waals surface area contributed by atoms with Gasteiger partial charge >= 0.3 is 0 Å². The van der Waals surface area contributed by atoms with Crippen molar-refractivity contribution in [2.45, 2.75) is 31.8 Å². The highest BCUT2D eigenvalue weighted by atomic mass is 16.5. The smallest absolute Gasteiger partial charge is 0.220 e. The van der Waals surface area contributed by atoms with Crippen molar-refractivity contribution in [2.24, 2.45) is 5.73 Å². The molecular formula is C19H24N2O2. The summed E-state index contributed by atoms with van der Waals surface area (Å²) in [5.41, 5.74) is 7.70. The minimum Gasteiger partial charge on any atom is -0.496 e. The van der Waals surface area contributed by atoms with Gasteiger partial charge in [0.2, 0.25) is 5.91 Å². The number of ether oxygens (including phenoxy) is 1. The molecular weight excluding hydrogens is 288 g/mol. The van der Waals surface area contributed by atoms with Gasteiger partial charge < -0.3 is 15.8 Å². The van der Waals surface area contributed by atoms with Crippen molar-refractivity contribution in [1.82, 2.24) is 5.32 Å². The lowest BCUT2D eigenvalue weighted by Gasteiger charge is -2.22. The molecule has 4 heteroatoms. The summed E-state index contributed by atoms with van der Waals surface area (Å²) in [4.78, 5) is 12.3. The van der Waals surface area contributed by atoms with Gasteiger partial charge in [0, 0.05) is 18.0 Å². The number of methoxy groups -OCH3 is 1. The number of hydrogen-bond donors (Lipinski definition) is 2. The summed E-state index contributed by atoms with van der Waals surface area (Å²) in [6.45, 7) is 1.90. The maximum atomic E-state index is 12.3. The largest absolute Gasteiger partial charge is 0.496 e. The fourth-order valence-electron chi connectivity index (χ4n) is 2.48. The van der Waals surface area contributed by atoms with Gasteiger partial charge in [0.15, 0.2) is 0 Å². The number of rotatable bonds is 7. The maximum absolute atomic E-state index is 12.3. The minimum atomic E-state index is -0.243. The fourth-order valence-corrected chi connectivity index (χ4v) is 2.48. The first-order valence-electron chi connectivity index (χ1n) is 7.84. The average molecular weight is 312 g/mol. The Morgan fingerprint density at radius 2 is 1.78 bits per heavy atom. The molecule has 122 valence electrons. The van der Waals surface area contributed by atoms with Crippen LogP contribution in [-0.2, 0) is 4.79 Å². The van der Waals surface area contributed by atoms with Crippen LogP contribution in [0.4, 0.5) is 0 Å². The molecule has 0 heterocycles. The highest BCUT2D eigenvalue weighted by molar-refractivity contribution is 5.77. The Morgan fingerprint density at radius 1 is 1.13 bits per heavy atom. The predicted molar refractivity (Wildman–Crippen MR) is 92.3 cm³/mol. The predicted octanol–water partition coefficient (Wildman–Crippen LogP) is 3.03. The van der Waals surface area contributed by atoms with Gasteiger partial charge in [-0.3, -0.25) is 4.79 Å². The lowest BCUT2D eigenvalue weighted by molar-refractivity contribution is -0.121. The number of hydrogen-bond acceptors (Lipinski definition) is 3. The Kier molecular flexibility index (Phi) is 6.18. The molecule has 0 spiro atoms. The molecule has 0 saturated heterocycles. The van der Waals surface area contributed by atoms with E-state index in [-0.39, 0.29) is 18.0 Å². The standard InChI is InChI=1S/C19H24N2O2/c1-14(20)12-13-18(22)21-19(15-8-4-3-5-9-15)16-10-6-7-11-17(16)23-2/h3-11,14,19H,12-13,20H2,1-2H3,(H,21,22). The van der Waals surface area contributed by atoms with E-state index in [9.17, 15) is 4.79 Å². The minimum absolute atomic E-state index is 0.0120. The normalized spacial score (nSPS) is 13.2. The maximum Gasteiger partial charge on any atom is 0.220 e. The monoisotopic (exact) mass is 312 g/mol. The van der Waals surface area contributed by atoms with E-state index >= 15 is 0 Å². The van der Waals surface area contributed by atoms with Crippen molar-refractivity contribution in [2.75, 3.05) is 7.11 Å². The van der Waals surface area contributed by atoms with Crippen LogP contribution in [0.25, 0.3) is 0 Å². The third kappa shape index (κ3) is 4.83. The van der Waals surface area contributed by atoms with Gasteiger partial charge in [-0.05, 0) is 25.0 Å². The molecule has 0 radical (unpaired) electrons. The highest BCUT2D eigenvalue weighted by Crippen LogP contribution is 2.29. The number of nitrogens with two attached hydrogens (primary N) is 1. The molecule has 3 N–H and O–H groups in total. The van der Waals surface area contributed by atoms with E-state index in [2.05, 4.69) is 5.32 Å². The van der Waals surface area contributed by atoms with Crippen LogP contribution in [0, 0.1) is 0 Å². The zero-order chi connectivity index (χ0) is 16.7. The van der Waals surface area contributed by atoms with Crippen LogP contribution in [-0.4, -0.2) is 19.1 Å². The Hall–Kier alpha value is -2.33. The van der Waals surface area contributed by atoms with E-state index in [0.717, 1.165) is 16.9 Å². The summed E-state index contributed by atoms with van der Waals surface area (Å²) in [6, 6.07) is 17.4. The van der Waals surface area contributed by atoms with Crippen LogP contribution >= 0.6 is 0 Å². The number of amides is 1. The fraction of sp³-hybridized carbons (Fsp3) is 0.316. The van der Waals surface area contributed by atoms with Crippen molar-refractivity contribution < 1.29 is 9.53 Å². The molecule has 0 bridgehead atoms.